The summed E-state index contributed by atoms with van der Waals surface area (Å²) in [6.45, 7) is 3.67. The quantitative estimate of drug-likeness (QED) is 0.564. The first-order valence-electron chi connectivity index (χ1n) is 3.56. The van der Waals surface area contributed by atoms with Gasteiger partial charge in [-0.25, -0.2) is 4.79 Å². The lowest BCUT2D eigenvalue weighted by atomic mass is 10.00. The second kappa shape index (κ2) is 4.71. The molecule has 0 aliphatic rings. The lowest BCUT2D eigenvalue weighted by molar-refractivity contribution is -0.142. The standard InChI is InChI=1S/C7H13NO3/c1-3-5(2)6(7(10)11)8-4-9/h4-6H,3H2,1-2H3,(H,8,9)(H,10,11)/t5-,6-/m0/s1. The highest BCUT2D eigenvalue weighted by molar-refractivity contribution is 5.76. The maximum atomic E-state index is 10.5. The molecular weight excluding hydrogens is 146 g/mol. The minimum absolute atomic E-state index is 0.0299. The van der Waals surface area contributed by atoms with E-state index in [1.165, 1.54) is 0 Å². The van der Waals surface area contributed by atoms with Crippen molar-refractivity contribution in [1.29, 1.82) is 0 Å². The molecule has 0 rings (SSSR count). The zero-order valence-corrected chi connectivity index (χ0v) is 6.70. The topological polar surface area (TPSA) is 66.4 Å². The van der Waals surface area contributed by atoms with Gasteiger partial charge in [-0.15, -0.1) is 0 Å². The van der Waals surface area contributed by atoms with E-state index in [0.717, 1.165) is 6.42 Å². The molecule has 1 amide bonds. The number of hydrogen-bond donors (Lipinski definition) is 2. The monoisotopic (exact) mass is 159 g/mol. The van der Waals surface area contributed by atoms with Crippen molar-refractivity contribution >= 4 is 12.4 Å². The van der Waals surface area contributed by atoms with Gasteiger partial charge in [0.2, 0.25) is 6.41 Å². The minimum Gasteiger partial charge on any atom is -0.480 e. The van der Waals surface area contributed by atoms with Crippen LogP contribution in [0.25, 0.3) is 0 Å². The van der Waals surface area contributed by atoms with E-state index in [0.29, 0.717) is 6.41 Å². The van der Waals surface area contributed by atoms with Crippen molar-refractivity contribution in [1.82, 2.24) is 5.32 Å². The number of carboxylic acid groups (broad SMARTS) is 1. The molecule has 0 bridgehead atoms. The van der Waals surface area contributed by atoms with Gasteiger partial charge in [0.05, 0.1) is 0 Å². The van der Waals surface area contributed by atoms with Crippen molar-refractivity contribution in [3.63, 3.8) is 0 Å². The molecule has 0 fully saturated rings. The molecule has 0 unspecified atom stereocenters. The Morgan fingerprint density at radius 2 is 2.27 bits per heavy atom. The van der Waals surface area contributed by atoms with Crippen LogP contribution in [0.4, 0.5) is 0 Å². The minimum atomic E-state index is -0.980. The summed E-state index contributed by atoms with van der Waals surface area (Å²) < 4.78 is 0. The average Bonchev–Trinajstić information content (AvgIpc) is 1.98. The number of rotatable bonds is 5. The predicted octanol–water partition coefficient (Wildman–Crippen LogP) is 0.232. The van der Waals surface area contributed by atoms with Gasteiger partial charge in [-0.05, 0) is 5.92 Å². The lowest BCUT2D eigenvalue weighted by Gasteiger charge is -2.16. The first-order valence-corrected chi connectivity index (χ1v) is 3.56. The SMILES string of the molecule is CC[C@H](C)[C@H](NC=O)C(=O)O. The molecule has 0 saturated heterocycles. The number of nitrogens with one attached hydrogen (secondary N) is 1. The summed E-state index contributed by atoms with van der Waals surface area (Å²) in [5.74, 6) is -1.01. The summed E-state index contributed by atoms with van der Waals surface area (Å²) in [7, 11) is 0. The van der Waals surface area contributed by atoms with Crippen molar-refractivity contribution in [2.45, 2.75) is 26.3 Å². The highest BCUT2D eigenvalue weighted by Gasteiger charge is 2.21. The summed E-state index contributed by atoms with van der Waals surface area (Å²) in [5.41, 5.74) is 0. The van der Waals surface area contributed by atoms with E-state index in [2.05, 4.69) is 5.32 Å². The van der Waals surface area contributed by atoms with E-state index in [-0.39, 0.29) is 5.92 Å². The fourth-order valence-electron chi connectivity index (χ4n) is 0.788. The molecule has 2 N–H and O–H groups in total. The molecule has 0 heterocycles. The third-order valence-electron chi connectivity index (χ3n) is 1.73. The van der Waals surface area contributed by atoms with Gasteiger partial charge in [0.1, 0.15) is 6.04 Å². The van der Waals surface area contributed by atoms with E-state index >= 15 is 0 Å². The number of amides is 1. The van der Waals surface area contributed by atoms with Gasteiger partial charge in [-0.3, -0.25) is 4.79 Å². The predicted molar refractivity (Wildman–Crippen MR) is 40.1 cm³/mol. The fraction of sp³-hybridized carbons (Fsp3) is 0.714. The van der Waals surface area contributed by atoms with Gasteiger partial charge in [0.25, 0.3) is 0 Å². The normalized spacial score (nSPS) is 15.1. The summed E-state index contributed by atoms with van der Waals surface area (Å²) in [6, 6.07) is -0.752. The van der Waals surface area contributed by atoms with Gasteiger partial charge in [-0.1, -0.05) is 20.3 Å². The molecule has 0 aromatic rings. The Balaban J connectivity index is 4.08. The Kier molecular flexibility index (Phi) is 4.26. The molecule has 0 spiro atoms. The van der Waals surface area contributed by atoms with Gasteiger partial charge >= 0.3 is 5.97 Å². The van der Waals surface area contributed by atoms with Crippen molar-refractivity contribution in [2.24, 2.45) is 5.92 Å². The summed E-state index contributed by atoms with van der Waals surface area (Å²) in [5, 5.41) is 10.8. The molecule has 0 aromatic carbocycles. The van der Waals surface area contributed by atoms with E-state index in [1.54, 1.807) is 6.92 Å². The van der Waals surface area contributed by atoms with E-state index in [9.17, 15) is 9.59 Å². The van der Waals surface area contributed by atoms with Gasteiger partial charge in [0.15, 0.2) is 0 Å². The Hall–Kier alpha value is -1.06. The van der Waals surface area contributed by atoms with E-state index in [1.807, 2.05) is 6.92 Å². The Labute approximate surface area is 65.6 Å². The largest absolute Gasteiger partial charge is 0.480 e. The van der Waals surface area contributed by atoms with E-state index in [4.69, 9.17) is 5.11 Å². The van der Waals surface area contributed by atoms with Gasteiger partial charge in [-0.2, -0.15) is 0 Å². The van der Waals surface area contributed by atoms with Crippen molar-refractivity contribution in [3.8, 4) is 0 Å². The molecule has 4 heteroatoms. The van der Waals surface area contributed by atoms with Crippen LogP contribution in [0.5, 0.6) is 0 Å². The molecule has 2 atom stereocenters. The highest BCUT2D eigenvalue weighted by Crippen LogP contribution is 2.06. The van der Waals surface area contributed by atoms with Crippen LogP contribution in [0.2, 0.25) is 0 Å². The maximum Gasteiger partial charge on any atom is 0.326 e. The Morgan fingerprint density at radius 3 is 2.55 bits per heavy atom. The average molecular weight is 159 g/mol. The molecule has 0 aromatic heterocycles. The third kappa shape index (κ3) is 3.02. The number of carbonyl (C=O) groups excluding carboxylic acids is 1. The fourth-order valence-corrected chi connectivity index (χ4v) is 0.788. The second-order valence-corrected chi connectivity index (χ2v) is 2.49. The zero-order valence-electron chi connectivity index (χ0n) is 6.70. The van der Waals surface area contributed by atoms with Crippen LogP contribution in [0.15, 0.2) is 0 Å². The Bertz CT molecular complexity index is 147. The Morgan fingerprint density at radius 1 is 1.73 bits per heavy atom. The molecule has 0 aliphatic heterocycles. The third-order valence-corrected chi connectivity index (χ3v) is 1.73. The molecule has 0 radical (unpaired) electrons. The summed E-state index contributed by atoms with van der Waals surface area (Å²) in [4.78, 5) is 20.4. The first-order chi connectivity index (χ1) is 5.13. The van der Waals surface area contributed by atoms with Crippen LogP contribution >= 0.6 is 0 Å². The van der Waals surface area contributed by atoms with Crippen molar-refractivity contribution < 1.29 is 14.7 Å². The number of carbonyl (C=O) groups is 2. The number of aliphatic carboxylic acids is 1. The summed E-state index contributed by atoms with van der Waals surface area (Å²) >= 11 is 0. The maximum absolute atomic E-state index is 10.5. The smallest absolute Gasteiger partial charge is 0.326 e. The van der Waals surface area contributed by atoms with E-state index < -0.39 is 12.0 Å². The number of hydrogen-bond acceptors (Lipinski definition) is 2. The second-order valence-electron chi connectivity index (χ2n) is 2.49. The molecule has 4 nitrogen and oxygen atoms in total. The molecule has 64 valence electrons. The van der Waals surface area contributed by atoms with Crippen molar-refractivity contribution in [3.05, 3.63) is 0 Å². The van der Waals surface area contributed by atoms with Crippen LogP contribution < -0.4 is 5.32 Å². The van der Waals surface area contributed by atoms with Crippen LogP contribution in [0.1, 0.15) is 20.3 Å². The van der Waals surface area contributed by atoms with Crippen LogP contribution in [0.3, 0.4) is 0 Å². The zero-order chi connectivity index (χ0) is 8.85. The number of carboxylic acids is 1. The molecular formula is C7H13NO3. The lowest BCUT2D eigenvalue weighted by Crippen LogP contribution is -2.40. The van der Waals surface area contributed by atoms with Crippen molar-refractivity contribution in [2.75, 3.05) is 0 Å². The van der Waals surface area contributed by atoms with Gasteiger partial charge in [0, 0.05) is 0 Å². The van der Waals surface area contributed by atoms with Crippen LogP contribution in [-0.4, -0.2) is 23.5 Å². The van der Waals surface area contributed by atoms with Crippen LogP contribution in [-0.2, 0) is 9.59 Å². The molecule has 0 aliphatic carbocycles. The molecule has 0 saturated carbocycles. The summed E-state index contributed by atoms with van der Waals surface area (Å²) in [6.07, 6.45) is 1.16. The molecule has 11 heavy (non-hydrogen) atoms. The highest BCUT2D eigenvalue weighted by atomic mass is 16.4. The first kappa shape index (κ1) is 9.94. The van der Waals surface area contributed by atoms with Crippen LogP contribution in [0, 0.1) is 5.92 Å². The van der Waals surface area contributed by atoms with Gasteiger partial charge < -0.3 is 10.4 Å².